The van der Waals surface area contributed by atoms with Gasteiger partial charge in [0.1, 0.15) is 0 Å². The van der Waals surface area contributed by atoms with Crippen molar-refractivity contribution >= 4 is 33.7 Å². The molecule has 2 unspecified atom stereocenters. The molecule has 5 rings (SSSR count). The Morgan fingerprint density at radius 3 is 2.63 bits per heavy atom. The number of rotatable bonds is 2. The van der Waals surface area contributed by atoms with E-state index in [0.29, 0.717) is 5.56 Å². The first-order valence-electron chi connectivity index (χ1n) is 11.9. The van der Waals surface area contributed by atoms with E-state index in [2.05, 4.69) is 67.2 Å². The minimum Gasteiger partial charge on any atom is -0.390 e. The first-order chi connectivity index (χ1) is 16.6. The van der Waals surface area contributed by atoms with Crippen molar-refractivity contribution < 1.29 is 9.90 Å². The number of hydrogen-bond donors (Lipinski definition) is 3. The average Bonchev–Trinajstić information content (AvgIpc) is 3.44. The van der Waals surface area contributed by atoms with Crippen LogP contribution in [-0.2, 0) is 0 Å². The molecule has 0 saturated carbocycles. The SMILES string of the molecule is CC(=O)c1ccsc1C#Cc1c(-c2cccc3c(C)c[nH]c23)cc(C)c2c1C(C)C(O)C(C)(C)N2. The number of nitrogens with one attached hydrogen (secondary N) is 2. The van der Waals surface area contributed by atoms with Crippen LogP contribution >= 0.6 is 11.3 Å². The second kappa shape index (κ2) is 8.41. The fraction of sp³-hybridized carbons (Fsp3) is 0.300. The Morgan fingerprint density at radius 1 is 1.11 bits per heavy atom. The molecular weight excluding hydrogens is 452 g/mol. The molecule has 1 aliphatic rings. The molecule has 4 nitrogen and oxygen atoms in total. The van der Waals surface area contributed by atoms with Gasteiger partial charge in [-0.25, -0.2) is 0 Å². The summed E-state index contributed by atoms with van der Waals surface area (Å²) in [5, 5.41) is 17.9. The van der Waals surface area contributed by atoms with Crippen molar-refractivity contribution in [3.8, 4) is 23.0 Å². The van der Waals surface area contributed by atoms with Crippen molar-refractivity contribution in [2.24, 2.45) is 0 Å². The van der Waals surface area contributed by atoms with E-state index < -0.39 is 11.6 Å². The molecule has 3 N–H and O–H groups in total. The number of aromatic amines is 1. The highest BCUT2D eigenvalue weighted by molar-refractivity contribution is 7.10. The van der Waals surface area contributed by atoms with E-state index in [1.807, 2.05) is 31.5 Å². The molecule has 5 heteroatoms. The Bertz CT molecular complexity index is 1540. The van der Waals surface area contributed by atoms with E-state index in [4.69, 9.17) is 0 Å². The van der Waals surface area contributed by atoms with Gasteiger partial charge >= 0.3 is 0 Å². The number of anilines is 1. The minimum absolute atomic E-state index is 0.0144. The number of thiophene rings is 1. The Morgan fingerprint density at radius 2 is 1.89 bits per heavy atom. The van der Waals surface area contributed by atoms with Gasteiger partial charge in [-0.3, -0.25) is 4.79 Å². The molecule has 0 amide bonds. The lowest BCUT2D eigenvalue weighted by Crippen LogP contribution is -2.50. The molecule has 0 radical (unpaired) electrons. The van der Waals surface area contributed by atoms with Gasteiger partial charge in [-0.05, 0) is 74.7 Å². The van der Waals surface area contributed by atoms with Gasteiger partial charge in [-0.1, -0.05) is 31.0 Å². The van der Waals surface area contributed by atoms with Crippen LogP contribution in [0.3, 0.4) is 0 Å². The molecule has 2 aromatic carbocycles. The van der Waals surface area contributed by atoms with Gasteiger partial charge in [0.25, 0.3) is 0 Å². The number of carbonyl (C=O) groups excluding carboxylic acids is 1. The number of aliphatic hydroxyl groups is 1. The number of Topliss-reactive ketones (excluding diaryl/α,β-unsaturated/α-hetero) is 1. The third kappa shape index (κ3) is 3.78. The maximum absolute atomic E-state index is 12.1. The van der Waals surface area contributed by atoms with Crippen LogP contribution < -0.4 is 5.32 Å². The highest BCUT2D eigenvalue weighted by atomic mass is 32.1. The zero-order valence-corrected chi connectivity index (χ0v) is 21.8. The molecule has 1 aliphatic heterocycles. The number of carbonyl (C=O) groups is 1. The fourth-order valence-corrected chi connectivity index (χ4v) is 6.10. The number of aryl methyl sites for hydroxylation is 2. The maximum atomic E-state index is 12.1. The lowest BCUT2D eigenvalue weighted by molar-refractivity contribution is 0.0868. The fourth-order valence-electron chi connectivity index (χ4n) is 5.31. The molecule has 178 valence electrons. The van der Waals surface area contributed by atoms with E-state index in [9.17, 15) is 9.90 Å². The number of aromatic nitrogens is 1. The molecule has 3 heterocycles. The van der Waals surface area contributed by atoms with Crippen molar-refractivity contribution in [3.05, 3.63) is 74.6 Å². The lowest BCUT2D eigenvalue weighted by Gasteiger charge is -2.43. The monoisotopic (exact) mass is 482 g/mol. The van der Waals surface area contributed by atoms with Gasteiger partial charge < -0.3 is 15.4 Å². The van der Waals surface area contributed by atoms with Gasteiger partial charge in [0, 0.05) is 45.4 Å². The summed E-state index contributed by atoms with van der Waals surface area (Å²) in [5.41, 5.74) is 8.64. The van der Waals surface area contributed by atoms with Crippen LogP contribution in [0.25, 0.3) is 22.0 Å². The van der Waals surface area contributed by atoms with E-state index in [-0.39, 0.29) is 11.7 Å². The second-order valence-electron chi connectivity index (χ2n) is 10.2. The van der Waals surface area contributed by atoms with Crippen LogP contribution in [0, 0.1) is 25.7 Å². The Kier molecular flexibility index (Phi) is 5.62. The first-order valence-corrected chi connectivity index (χ1v) is 12.8. The molecular formula is C30H30N2O2S. The minimum atomic E-state index is -0.580. The summed E-state index contributed by atoms with van der Waals surface area (Å²) in [6, 6.07) is 10.4. The predicted octanol–water partition coefficient (Wildman–Crippen LogP) is 6.78. The molecule has 0 aliphatic carbocycles. The number of aliphatic hydroxyl groups excluding tert-OH is 1. The Labute approximate surface area is 210 Å². The highest BCUT2D eigenvalue weighted by Gasteiger charge is 2.40. The normalized spacial score (nSPS) is 18.5. The van der Waals surface area contributed by atoms with Gasteiger partial charge in [-0.15, -0.1) is 11.3 Å². The third-order valence-electron chi connectivity index (χ3n) is 7.24. The van der Waals surface area contributed by atoms with Crippen LogP contribution in [0.15, 0.2) is 41.9 Å². The number of fused-ring (bicyclic) bond motifs is 2. The third-order valence-corrected chi connectivity index (χ3v) is 8.07. The van der Waals surface area contributed by atoms with Crippen LogP contribution in [0.2, 0.25) is 0 Å². The summed E-state index contributed by atoms with van der Waals surface area (Å²) in [6.45, 7) is 11.9. The van der Waals surface area contributed by atoms with Crippen molar-refractivity contribution in [1.29, 1.82) is 0 Å². The van der Waals surface area contributed by atoms with Crippen molar-refractivity contribution in [2.75, 3.05) is 5.32 Å². The van der Waals surface area contributed by atoms with Crippen LogP contribution in [0.5, 0.6) is 0 Å². The van der Waals surface area contributed by atoms with Gasteiger partial charge in [-0.2, -0.15) is 0 Å². The summed E-state index contributed by atoms with van der Waals surface area (Å²) in [4.78, 5) is 16.3. The Hall–Kier alpha value is -3.33. The van der Waals surface area contributed by atoms with Crippen LogP contribution in [0.4, 0.5) is 5.69 Å². The molecule has 0 fully saturated rings. The summed E-state index contributed by atoms with van der Waals surface area (Å²) in [6.07, 6.45) is 1.45. The molecule has 35 heavy (non-hydrogen) atoms. The van der Waals surface area contributed by atoms with E-state index in [1.165, 1.54) is 22.3 Å². The van der Waals surface area contributed by atoms with Crippen LogP contribution in [-0.4, -0.2) is 27.5 Å². The number of hydrogen-bond acceptors (Lipinski definition) is 4. The predicted molar refractivity (Wildman–Crippen MR) is 146 cm³/mol. The molecule has 0 bridgehead atoms. The lowest BCUT2D eigenvalue weighted by atomic mass is 9.75. The average molecular weight is 483 g/mol. The quantitative estimate of drug-likeness (QED) is 0.218. The standard InChI is InChI=1S/C30H30N2O2S/c1-16-14-24(23-9-7-8-20-17(2)15-31-28(20)23)22(10-11-25-21(19(4)33)12-13-35-25)26-18(3)29(34)30(5,6)32-27(16)26/h7-9,12-15,18,29,31-32,34H,1-6H3. The summed E-state index contributed by atoms with van der Waals surface area (Å²) in [7, 11) is 0. The summed E-state index contributed by atoms with van der Waals surface area (Å²) < 4.78 is 0. The van der Waals surface area contributed by atoms with Gasteiger partial charge in [0.05, 0.1) is 22.0 Å². The Balaban J connectivity index is 1.84. The zero-order chi connectivity index (χ0) is 25.1. The molecule has 4 aromatic rings. The number of benzene rings is 2. The van der Waals surface area contributed by atoms with Crippen molar-refractivity contribution in [2.45, 2.75) is 59.1 Å². The molecule has 0 spiro atoms. The zero-order valence-electron chi connectivity index (χ0n) is 21.0. The molecule has 2 atom stereocenters. The highest BCUT2D eigenvalue weighted by Crippen LogP contribution is 2.46. The van der Waals surface area contributed by atoms with E-state index in [1.54, 1.807) is 6.92 Å². The second-order valence-corrected chi connectivity index (χ2v) is 11.1. The van der Waals surface area contributed by atoms with Crippen molar-refractivity contribution in [3.63, 3.8) is 0 Å². The van der Waals surface area contributed by atoms with Gasteiger partial charge in [0.15, 0.2) is 5.78 Å². The molecule has 0 saturated heterocycles. The topological polar surface area (TPSA) is 65.1 Å². The summed E-state index contributed by atoms with van der Waals surface area (Å²) in [5.74, 6) is 6.66. The number of para-hydroxylation sites is 1. The largest absolute Gasteiger partial charge is 0.390 e. The van der Waals surface area contributed by atoms with Crippen LogP contribution in [0.1, 0.15) is 71.1 Å². The van der Waals surface area contributed by atoms with E-state index in [0.717, 1.165) is 43.9 Å². The molecule has 2 aromatic heterocycles. The van der Waals surface area contributed by atoms with Crippen molar-refractivity contribution in [1.82, 2.24) is 4.98 Å². The van der Waals surface area contributed by atoms with E-state index >= 15 is 0 Å². The smallest absolute Gasteiger partial charge is 0.161 e. The van der Waals surface area contributed by atoms with Gasteiger partial charge in [0.2, 0.25) is 0 Å². The first kappa shape index (κ1) is 23.4. The number of H-pyrrole nitrogens is 1. The summed E-state index contributed by atoms with van der Waals surface area (Å²) >= 11 is 1.48. The number of ketones is 1. The maximum Gasteiger partial charge on any atom is 0.161 e.